The summed E-state index contributed by atoms with van der Waals surface area (Å²) in [5.41, 5.74) is 3.14. The number of nitrogens with one attached hydrogen (secondary N) is 1. The van der Waals surface area contributed by atoms with Crippen molar-refractivity contribution >= 4 is 16.8 Å². The van der Waals surface area contributed by atoms with Gasteiger partial charge in [-0.05, 0) is 49.3 Å². The van der Waals surface area contributed by atoms with Crippen molar-refractivity contribution in [2.24, 2.45) is 0 Å². The molecule has 1 atom stereocenters. The molecule has 0 aliphatic carbocycles. The van der Waals surface area contributed by atoms with Gasteiger partial charge in [-0.15, -0.1) is 0 Å². The van der Waals surface area contributed by atoms with Gasteiger partial charge in [0, 0.05) is 25.4 Å². The lowest BCUT2D eigenvalue weighted by molar-refractivity contribution is 0.0719. The summed E-state index contributed by atoms with van der Waals surface area (Å²) >= 11 is 0. The maximum atomic E-state index is 12.5. The first-order valence-corrected chi connectivity index (χ1v) is 9.11. The summed E-state index contributed by atoms with van der Waals surface area (Å²) in [6.45, 7) is 10.2. The second kappa shape index (κ2) is 8.19. The van der Waals surface area contributed by atoms with Crippen LogP contribution in [0.2, 0.25) is 0 Å². The second-order valence-electron chi connectivity index (χ2n) is 6.19. The molecule has 0 spiro atoms. The number of nitrogens with zero attached hydrogens (tertiary/aromatic N) is 1. The highest BCUT2D eigenvalue weighted by molar-refractivity contribution is 5.98. The Balaban J connectivity index is 0.000000925. The van der Waals surface area contributed by atoms with Gasteiger partial charge in [0.05, 0.1) is 0 Å². The number of likely N-dealkylation sites (tertiary alicyclic amines) is 1. The number of benzene rings is 1. The molecule has 0 radical (unpaired) electrons. The van der Waals surface area contributed by atoms with Crippen LogP contribution in [0.1, 0.15) is 76.8 Å². The second-order valence-corrected chi connectivity index (χ2v) is 6.19. The van der Waals surface area contributed by atoms with Crippen molar-refractivity contribution in [3.8, 4) is 0 Å². The van der Waals surface area contributed by atoms with E-state index in [1.54, 1.807) is 0 Å². The van der Waals surface area contributed by atoms with Crippen LogP contribution in [0.15, 0.2) is 24.3 Å². The Kier molecular flexibility index (Phi) is 6.26. The summed E-state index contributed by atoms with van der Waals surface area (Å²) in [4.78, 5) is 17.8. The molecular weight excluding hydrogens is 284 g/mol. The number of aromatic amines is 1. The van der Waals surface area contributed by atoms with Crippen LogP contribution in [-0.2, 0) is 0 Å². The van der Waals surface area contributed by atoms with E-state index in [2.05, 4.69) is 37.0 Å². The number of fused-ring (bicyclic) bond motifs is 1. The lowest BCUT2D eigenvalue weighted by Crippen LogP contribution is -2.35. The summed E-state index contributed by atoms with van der Waals surface area (Å²) in [6.07, 6.45) is 4.63. The Morgan fingerprint density at radius 2 is 1.91 bits per heavy atom. The van der Waals surface area contributed by atoms with E-state index in [1.807, 2.05) is 24.8 Å². The van der Waals surface area contributed by atoms with Crippen LogP contribution >= 0.6 is 0 Å². The molecule has 1 unspecified atom stereocenters. The van der Waals surface area contributed by atoms with E-state index in [0.717, 1.165) is 48.9 Å². The summed E-state index contributed by atoms with van der Waals surface area (Å²) < 4.78 is 0. The first-order chi connectivity index (χ1) is 11.2. The third-order valence-electron chi connectivity index (χ3n) is 4.70. The molecule has 3 nitrogen and oxygen atoms in total. The molecule has 0 saturated carbocycles. The van der Waals surface area contributed by atoms with Crippen LogP contribution in [0.5, 0.6) is 0 Å². The highest BCUT2D eigenvalue weighted by Crippen LogP contribution is 2.24. The molecule has 23 heavy (non-hydrogen) atoms. The minimum absolute atomic E-state index is 0. The molecule has 1 amide bonds. The molecule has 1 aromatic heterocycles. The first-order valence-electron chi connectivity index (χ1n) is 9.11. The Morgan fingerprint density at radius 3 is 2.57 bits per heavy atom. The molecule has 1 aromatic carbocycles. The average Bonchev–Trinajstić information content (AvgIpc) is 3.06. The number of aromatic nitrogens is 1. The molecule has 1 aliphatic heterocycles. The van der Waals surface area contributed by atoms with Crippen LogP contribution in [0.25, 0.3) is 10.9 Å². The minimum Gasteiger partial charge on any atom is -0.351 e. The van der Waals surface area contributed by atoms with Gasteiger partial charge < -0.3 is 9.88 Å². The highest BCUT2D eigenvalue weighted by Gasteiger charge is 2.19. The molecule has 3 rings (SSSR count). The molecular formula is C20H32N2O. The van der Waals surface area contributed by atoms with Gasteiger partial charge in [-0.25, -0.2) is 0 Å². The lowest BCUT2D eigenvalue weighted by Gasteiger charge is -2.26. The van der Waals surface area contributed by atoms with E-state index >= 15 is 0 Å². The minimum atomic E-state index is 0. The Hall–Kier alpha value is -1.77. The monoisotopic (exact) mass is 316 g/mol. The van der Waals surface area contributed by atoms with Gasteiger partial charge in [-0.1, -0.05) is 39.8 Å². The fourth-order valence-electron chi connectivity index (χ4n) is 3.07. The van der Waals surface area contributed by atoms with Crippen molar-refractivity contribution in [3.63, 3.8) is 0 Å². The predicted octanol–water partition coefficient (Wildman–Crippen LogP) is 5.58. The third kappa shape index (κ3) is 3.95. The topological polar surface area (TPSA) is 36.1 Å². The highest BCUT2D eigenvalue weighted by atomic mass is 16.2. The van der Waals surface area contributed by atoms with Gasteiger partial charge in [0.2, 0.25) is 0 Å². The molecule has 1 saturated heterocycles. The zero-order valence-corrected chi connectivity index (χ0v) is 15.0. The van der Waals surface area contributed by atoms with Crippen LogP contribution in [0.4, 0.5) is 0 Å². The van der Waals surface area contributed by atoms with Crippen LogP contribution in [0.3, 0.4) is 0 Å². The number of amides is 1. The maximum Gasteiger partial charge on any atom is 0.270 e. The van der Waals surface area contributed by atoms with Crippen LogP contribution < -0.4 is 0 Å². The SMILES string of the molecule is CC.CCC(C)c1ccc2cc(C(=O)N3CCCCC3)[nH]c2c1.[HH]. The van der Waals surface area contributed by atoms with Crippen molar-refractivity contribution < 1.29 is 6.22 Å². The average molecular weight is 316 g/mol. The molecule has 1 aliphatic rings. The summed E-state index contributed by atoms with van der Waals surface area (Å²) in [5, 5.41) is 1.13. The zero-order chi connectivity index (χ0) is 16.8. The molecule has 2 aromatic rings. The van der Waals surface area contributed by atoms with Gasteiger partial charge in [0.1, 0.15) is 5.69 Å². The zero-order valence-electron chi connectivity index (χ0n) is 15.0. The third-order valence-corrected chi connectivity index (χ3v) is 4.70. The van der Waals surface area contributed by atoms with E-state index in [9.17, 15) is 4.79 Å². The first kappa shape index (κ1) is 17.6. The number of hydrogen-bond acceptors (Lipinski definition) is 1. The quantitative estimate of drug-likeness (QED) is 0.788. The van der Waals surface area contributed by atoms with Crippen molar-refractivity contribution in [2.45, 2.75) is 59.3 Å². The van der Waals surface area contributed by atoms with E-state index in [1.165, 1.54) is 12.0 Å². The summed E-state index contributed by atoms with van der Waals surface area (Å²) in [6, 6.07) is 8.49. The van der Waals surface area contributed by atoms with Crippen LogP contribution in [-0.4, -0.2) is 28.9 Å². The Bertz CT molecular complexity index is 644. The van der Waals surface area contributed by atoms with Crippen molar-refractivity contribution in [3.05, 3.63) is 35.5 Å². The van der Waals surface area contributed by atoms with Crippen LogP contribution in [0, 0.1) is 0 Å². The Morgan fingerprint density at radius 1 is 1.22 bits per heavy atom. The number of carbonyl (C=O) groups excluding carboxylic acids is 1. The largest absolute Gasteiger partial charge is 0.351 e. The van der Waals surface area contributed by atoms with Crippen molar-refractivity contribution in [2.75, 3.05) is 13.1 Å². The smallest absolute Gasteiger partial charge is 0.270 e. The predicted molar refractivity (Wildman–Crippen MR) is 100 cm³/mol. The molecule has 3 heteroatoms. The number of rotatable bonds is 3. The number of carbonyl (C=O) groups is 1. The van der Waals surface area contributed by atoms with E-state index < -0.39 is 0 Å². The fraction of sp³-hybridized carbons (Fsp3) is 0.550. The number of H-pyrrole nitrogens is 1. The fourth-order valence-corrected chi connectivity index (χ4v) is 3.07. The van der Waals surface area contributed by atoms with Gasteiger partial charge in [-0.3, -0.25) is 4.79 Å². The van der Waals surface area contributed by atoms with E-state index in [-0.39, 0.29) is 7.33 Å². The van der Waals surface area contributed by atoms with E-state index in [0.29, 0.717) is 5.92 Å². The van der Waals surface area contributed by atoms with Gasteiger partial charge in [0.25, 0.3) is 5.91 Å². The standard InChI is InChI=1S/C18H24N2O.C2H6.H2/c1-3-13(2)14-7-8-15-12-17(19-16(15)11-14)18(21)20-9-5-4-6-10-20;1-2;/h7-8,11-13,19H,3-6,9-10H2,1-2H3;1-2H3;1H. The van der Waals surface area contributed by atoms with Gasteiger partial charge in [-0.2, -0.15) is 0 Å². The van der Waals surface area contributed by atoms with Crippen molar-refractivity contribution in [1.82, 2.24) is 9.88 Å². The lowest BCUT2D eigenvalue weighted by atomic mass is 9.98. The van der Waals surface area contributed by atoms with Gasteiger partial charge in [0.15, 0.2) is 0 Å². The van der Waals surface area contributed by atoms with Gasteiger partial charge >= 0.3 is 0 Å². The number of hydrogen-bond donors (Lipinski definition) is 1. The summed E-state index contributed by atoms with van der Waals surface area (Å²) in [7, 11) is 0. The normalized spacial score (nSPS) is 15.9. The summed E-state index contributed by atoms with van der Waals surface area (Å²) in [5.74, 6) is 0.704. The van der Waals surface area contributed by atoms with E-state index in [4.69, 9.17) is 0 Å². The Labute approximate surface area is 141 Å². The molecule has 0 bridgehead atoms. The van der Waals surface area contributed by atoms with Crippen molar-refractivity contribution in [1.29, 1.82) is 0 Å². The molecule has 2 heterocycles. The maximum absolute atomic E-state index is 12.5. The molecule has 128 valence electrons. The molecule has 1 N–H and O–H groups in total. The number of piperidine rings is 1. The molecule has 1 fully saturated rings.